The maximum absolute atomic E-state index is 13.1. The highest BCUT2D eigenvalue weighted by atomic mass is 16.5. The predicted octanol–water partition coefficient (Wildman–Crippen LogP) is 5.04. The number of ether oxygens (including phenoxy) is 3. The Hall–Kier alpha value is -2.70. The molecule has 7 nitrogen and oxygen atoms in total. The normalized spacial score (nSPS) is 37.7. The van der Waals surface area contributed by atoms with E-state index < -0.39 is 11.9 Å². The van der Waals surface area contributed by atoms with Gasteiger partial charge >= 0.3 is 17.9 Å². The third kappa shape index (κ3) is 3.91. The maximum atomic E-state index is 13.1. The SMILES string of the molecule is COC(=O)C1=C(C(=O)OC)[C@H]2C[C@H]3[C@@H]4CC=C5C[C@@H](OC(C)=O)CC[C@]5(C)[C@H]4CC[C@]3(C)C2=C(C(C)=O)C1. The van der Waals surface area contributed by atoms with Gasteiger partial charge in [0.2, 0.25) is 0 Å². The van der Waals surface area contributed by atoms with Crippen LogP contribution in [0.5, 0.6) is 0 Å². The number of Topliss-reactive ketones (excluding diaryl/α,β-unsaturated/α-hetero) is 1. The Balaban J connectivity index is 1.55. The number of allylic oxidation sites excluding steroid dienone is 3. The first-order valence-corrected chi connectivity index (χ1v) is 14.0. The van der Waals surface area contributed by atoms with Crippen molar-refractivity contribution in [3.05, 3.63) is 33.9 Å². The van der Waals surface area contributed by atoms with Crippen molar-refractivity contribution < 1.29 is 33.4 Å². The summed E-state index contributed by atoms with van der Waals surface area (Å²) in [6, 6.07) is 0. The minimum atomic E-state index is -0.566. The minimum Gasteiger partial charge on any atom is -0.466 e. The van der Waals surface area contributed by atoms with Crippen molar-refractivity contribution in [3.8, 4) is 0 Å². The van der Waals surface area contributed by atoms with Crippen LogP contribution in [0.25, 0.3) is 0 Å². The van der Waals surface area contributed by atoms with Gasteiger partial charge in [-0.25, -0.2) is 9.59 Å². The van der Waals surface area contributed by atoms with E-state index in [0.29, 0.717) is 23.0 Å². The van der Waals surface area contributed by atoms with Gasteiger partial charge in [0.25, 0.3) is 0 Å². The molecule has 0 aromatic heterocycles. The van der Waals surface area contributed by atoms with E-state index in [9.17, 15) is 19.2 Å². The summed E-state index contributed by atoms with van der Waals surface area (Å²) in [5.41, 5.74) is 3.63. The largest absolute Gasteiger partial charge is 0.466 e. The van der Waals surface area contributed by atoms with Gasteiger partial charge in [-0.15, -0.1) is 0 Å². The molecule has 7 heteroatoms. The number of hydrogen-bond acceptors (Lipinski definition) is 7. The molecule has 0 heterocycles. The lowest BCUT2D eigenvalue weighted by Crippen LogP contribution is -2.50. The van der Waals surface area contributed by atoms with Crippen LogP contribution >= 0.6 is 0 Å². The summed E-state index contributed by atoms with van der Waals surface area (Å²) in [4.78, 5) is 50.5. The van der Waals surface area contributed by atoms with Crippen LogP contribution in [0.3, 0.4) is 0 Å². The molecule has 0 aromatic carbocycles. The molecule has 5 aliphatic rings. The first-order chi connectivity index (χ1) is 18.0. The van der Waals surface area contributed by atoms with Crippen LogP contribution in [-0.2, 0) is 33.4 Å². The molecule has 0 aromatic rings. The Morgan fingerprint density at radius 3 is 2.21 bits per heavy atom. The molecule has 0 saturated heterocycles. The molecule has 3 fully saturated rings. The van der Waals surface area contributed by atoms with Crippen molar-refractivity contribution in [1.29, 1.82) is 0 Å². The zero-order valence-corrected chi connectivity index (χ0v) is 23.5. The molecule has 5 aliphatic carbocycles. The number of rotatable bonds is 4. The van der Waals surface area contributed by atoms with E-state index in [1.807, 2.05) is 0 Å². The number of esters is 3. The van der Waals surface area contributed by atoms with Crippen LogP contribution in [0.1, 0.15) is 79.1 Å². The number of carbonyl (C=O) groups excluding carboxylic acids is 4. The molecule has 0 radical (unpaired) electrons. The van der Waals surface area contributed by atoms with E-state index in [1.165, 1.54) is 26.7 Å². The topological polar surface area (TPSA) is 96.0 Å². The van der Waals surface area contributed by atoms with Crippen LogP contribution in [0.15, 0.2) is 33.9 Å². The van der Waals surface area contributed by atoms with Gasteiger partial charge in [-0.3, -0.25) is 9.59 Å². The number of ketones is 1. The predicted molar refractivity (Wildman–Crippen MR) is 140 cm³/mol. The lowest BCUT2D eigenvalue weighted by Gasteiger charge is -2.57. The Morgan fingerprint density at radius 1 is 0.895 bits per heavy atom. The average molecular weight is 525 g/mol. The zero-order valence-electron chi connectivity index (χ0n) is 23.5. The van der Waals surface area contributed by atoms with E-state index in [4.69, 9.17) is 14.2 Å². The highest BCUT2D eigenvalue weighted by Gasteiger charge is 2.62. The summed E-state index contributed by atoms with van der Waals surface area (Å²) < 4.78 is 15.8. The number of carbonyl (C=O) groups is 4. The number of hydrogen-bond donors (Lipinski definition) is 0. The Morgan fingerprint density at radius 2 is 1.58 bits per heavy atom. The second-order valence-electron chi connectivity index (χ2n) is 12.5. The van der Waals surface area contributed by atoms with E-state index >= 15 is 0 Å². The van der Waals surface area contributed by atoms with Gasteiger partial charge in [0, 0.05) is 25.7 Å². The maximum Gasteiger partial charge on any atom is 0.334 e. The smallest absolute Gasteiger partial charge is 0.334 e. The Kier molecular flexibility index (Phi) is 6.72. The summed E-state index contributed by atoms with van der Waals surface area (Å²) >= 11 is 0. The molecule has 0 bridgehead atoms. The minimum absolute atomic E-state index is 0.0408. The molecule has 38 heavy (non-hydrogen) atoms. The molecule has 0 unspecified atom stereocenters. The molecule has 0 spiro atoms. The molecular weight excluding hydrogens is 484 g/mol. The van der Waals surface area contributed by atoms with Crippen molar-refractivity contribution in [2.75, 3.05) is 14.2 Å². The van der Waals surface area contributed by atoms with Crippen molar-refractivity contribution in [3.63, 3.8) is 0 Å². The van der Waals surface area contributed by atoms with Crippen molar-refractivity contribution in [2.24, 2.45) is 34.5 Å². The van der Waals surface area contributed by atoms with E-state index in [-0.39, 0.29) is 52.5 Å². The summed E-state index contributed by atoms with van der Waals surface area (Å²) in [6.07, 6.45) is 8.80. The third-order valence-electron chi connectivity index (χ3n) is 10.8. The fraction of sp³-hybridized carbons (Fsp3) is 0.677. The third-order valence-corrected chi connectivity index (χ3v) is 10.8. The molecule has 0 amide bonds. The van der Waals surface area contributed by atoms with Gasteiger partial charge in [-0.05, 0) is 85.2 Å². The standard InChI is InChI=1S/C31H40O7/c1-16(32)21-14-23(28(34)36-5)26(29(35)37-6)22-15-25-20-8-7-18-13-19(38-17(2)33)9-11-30(18,3)24(20)10-12-31(25,4)27(21)22/h7,19-20,22,24-25H,8-15H2,1-6H3/t19-,20+,22+,24-,25-,30-,31-/m0/s1. The zero-order chi connectivity index (χ0) is 27.6. The van der Waals surface area contributed by atoms with Gasteiger partial charge in [0.05, 0.1) is 25.4 Å². The van der Waals surface area contributed by atoms with Gasteiger partial charge in [0.15, 0.2) is 5.78 Å². The second kappa shape index (κ2) is 9.49. The van der Waals surface area contributed by atoms with Crippen LogP contribution in [0.2, 0.25) is 0 Å². The Bertz CT molecular complexity index is 1190. The first-order valence-electron chi connectivity index (χ1n) is 14.0. The first kappa shape index (κ1) is 26.9. The highest BCUT2D eigenvalue weighted by molar-refractivity contribution is 6.06. The molecule has 0 aliphatic heterocycles. The van der Waals surface area contributed by atoms with E-state index in [0.717, 1.165) is 50.5 Å². The monoisotopic (exact) mass is 524 g/mol. The van der Waals surface area contributed by atoms with E-state index in [2.05, 4.69) is 19.9 Å². The van der Waals surface area contributed by atoms with Crippen molar-refractivity contribution in [2.45, 2.75) is 85.2 Å². The van der Waals surface area contributed by atoms with Crippen LogP contribution in [0, 0.1) is 34.5 Å². The van der Waals surface area contributed by atoms with Crippen LogP contribution < -0.4 is 0 Å². The lowest BCUT2D eigenvalue weighted by molar-refractivity contribution is -0.148. The number of methoxy groups -OCH3 is 2. The summed E-state index contributed by atoms with van der Waals surface area (Å²) in [5, 5.41) is 0. The van der Waals surface area contributed by atoms with Gasteiger partial charge < -0.3 is 14.2 Å². The van der Waals surface area contributed by atoms with Crippen molar-refractivity contribution in [1.82, 2.24) is 0 Å². The summed E-state index contributed by atoms with van der Waals surface area (Å²) in [7, 11) is 2.65. The van der Waals surface area contributed by atoms with Gasteiger partial charge in [-0.2, -0.15) is 0 Å². The quantitative estimate of drug-likeness (QED) is 0.289. The average Bonchev–Trinajstić information content (AvgIpc) is 3.19. The van der Waals surface area contributed by atoms with Crippen LogP contribution in [-0.4, -0.2) is 44.0 Å². The molecule has 0 N–H and O–H groups in total. The molecule has 5 rings (SSSR count). The molecular formula is C31H40O7. The fourth-order valence-electron chi connectivity index (χ4n) is 9.21. The highest BCUT2D eigenvalue weighted by Crippen LogP contribution is 2.69. The van der Waals surface area contributed by atoms with Crippen molar-refractivity contribution >= 4 is 23.7 Å². The van der Waals surface area contributed by atoms with Gasteiger partial charge in [0.1, 0.15) is 6.10 Å². The summed E-state index contributed by atoms with van der Waals surface area (Å²) in [5.74, 6) is -0.445. The van der Waals surface area contributed by atoms with Crippen LogP contribution in [0.4, 0.5) is 0 Å². The van der Waals surface area contributed by atoms with Gasteiger partial charge in [-0.1, -0.05) is 25.5 Å². The Labute approximate surface area is 225 Å². The molecule has 7 atom stereocenters. The number of fused-ring (bicyclic) bond motifs is 7. The fourth-order valence-corrected chi connectivity index (χ4v) is 9.21. The van der Waals surface area contributed by atoms with E-state index in [1.54, 1.807) is 6.92 Å². The second-order valence-corrected chi connectivity index (χ2v) is 12.5. The lowest BCUT2D eigenvalue weighted by atomic mass is 9.47. The molecule has 3 saturated carbocycles. The summed E-state index contributed by atoms with van der Waals surface area (Å²) in [6.45, 7) is 7.72. The molecule has 206 valence electrons.